The number of hydrogen-bond donors (Lipinski definition) is 2. The molecule has 1 aromatic heterocycles. The maximum atomic E-state index is 12.2. The molecule has 0 saturated carbocycles. The summed E-state index contributed by atoms with van der Waals surface area (Å²) in [4.78, 5) is 12.2. The molecule has 1 aliphatic carbocycles. The highest BCUT2D eigenvalue weighted by atomic mass is 16.2. The highest BCUT2D eigenvalue weighted by Crippen LogP contribution is 2.21. The molecular weight excluding hydrogens is 264 g/mol. The van der Waals surface area contributed by atoms with Crippen molar-refractivity contribution in [2.75, 3.05) is 0 Å². The van der Waals surface area contributed by atoms with E-state index in [0.29, 0.717) is 5.69 Å². The van der Waals surface area contributed by atoms with Crippen molar-refractivity contribution in [2.45, 2.75) is 32.6 Å². The fourth-order valence-electron chi connectivity index (χ4n) is 2.60. The molecule has 1 amide bonds. The lowest BCUT2D eigenvalue weighted by Gasteiger charge is -2.10. The average Bonchev–Trinajstić information content (AvgIpc) is 2.97. The first-order valence-corrected chi connectivity index (χ1v) is 7.22. The molecule has 0 fully saturated rings. The van der Waals surface area contributed by atoms with Crippen LogP contribution in [-0.4, -0.2) is 21.8 Å². The van der Waals surface area contributed by atoms with Crippen LogP contribution >= 0.6 is 0 Å². The third kappa shape index (κ3) is 2.86. The Morgan fingerprint density at radius 3 is 2.81 bits per heavy atom. The van der Waals surface area contributed by atoms with E-state index in [1.54, 1.807) is 0 Å². The molecule has 0 radical (unpaired) electrons. The van der Waals surface area contributed by atoms with Crippen molar-refractivity contribution in [3.8, 4) is 0 Å². The molecule has 0 spiro atoms. The summed E-state index contributed by atoms with van der Waals surface area (Å²) in [7, 11) is 0. The van der Waals surface area contributed by atoms with Crippen LogP contribution in [0.25, 0.3) is 0 Å². The zero-order chi connectivity index (χ0) is 14.7. The molecule has 2 N–H and O–H groups in total. The number of nitrogens with one attached hydrogen (secondary N) is 2. The van der Waals surface area contributed by atoms with E-state index in [-0.39, 0.29) is 5.91 Å². The van der Waals surface area contributed by atoms with Gasteiger partial charge in [-0.25, -0.2) is 5.43 Å². The SMILES string of the molecule is C/C(=N\NC(=O)c1n[nH]c2c1CCCC2)c1ccccc1. The number of hydrazone groups is 1. The van der Waals surface area contributed by atoms with Gasteiger partial charge in [-0.1, -0.05) is 30.3 Å². The van der Waals surface area contributed by atoms with Crippen molar-refractivity contribution in [1.82, 2.24) is 15.6 Å². The number of hydrogen-bond acceptors (Lipinski definition) is 3. The van der Waals surface area contributed by atoms with Crippen LogP contribution in [0, 0.1) is 0 Å². The summed E-state index contributed by atoms with van der Waals surface area (Å²) in [5.74, 6) is -0.246. The quantitative estimate of drug-likeness (QED) is 0.670. The van der Waals surface area contributed by atoms with E-state index in [2.05, 4.69) is 20.7 Å². The molecule has 21 heavy (non-hydrogen) atoms. The Morgan fingerprint density at radius 1 is 1.24 bits per heavy atom. The van der Waals surface area contributed by atoms with Crippen LogP contribution in [0.15, 0.2) is 35.4 Å². The molecule has 1 heterocycles. The second-order valence-electron chi connectivity index (χ2n) is 5.24. The number of benzene rings is 1. The van der Waals surface area contributed by atoms with Gasteiger partial charge in [-0.15, -0.1) is 0 Å². The molecule has 5 nitrogen and oxygen atoms in total. The third-order valence-electron chi connectivity index (χ3n) is 3.79. The second kappa shape index (κ2) is 5.91. The number of fused-ring (bicyclic) bond motifs is 1. The standard InChI is InChI=1S/C16H18N4O/c1-11(12-7-3-2-4-8-12)17-20-16(21)15-13-9-5-6-10-14(13)18-19-15/h2-4,7-8H,5-6,9-10H2,1H3,(H,18,19)(H,20,21)/b17-11+. The summed E-state index contributed by atoms with van der Waals surface area (Å²) in [5.41, 5.74) is 6.98. The van der Waals surface area contributed by atoms with Crippen LogP contribution < -0.4 is 5.43 Å². The summed E-state index contributed by atoms with van der Waals surface area (Å²) in [5, 5.41) is 11.3. The zero-order valence-electron chi connectivity index (χ0n) is 12.0. The van der Waals surface area contributed by atoms with Gasteiger partial charge in [0.25, 0.3) is 5.91 Å². The largest absolute Gasteiger partial charge is 0.292 e. The number of carbonyl (C=O) groups is 1. The molecule has 2 aromatic rings. The van der Waals surface area contributed by atoms with E-state index in [1.807, 2.05) is 37.3 Å². The Kier molecular flexibility index (Phi) is 3.81. The minimum absolute atomic E-state index is 0.246. The van der Waals surface area contributed by atoms with Crippen molar-refractivity contribution >= 4 is 11.6 Å². The van der Waals surface area contributed by atoms with Gasteiger partial charge in [0, 0.05) is 11.3 Å². The maximum Gasteiger partial charge on any atom is 0.292 e. The molecule has 0 atom stereocenters. The van der Waals surface area contributed by atoms with Crippen LogP contribution in [0.1, 0.15) is 47.1 Å². The van der Waals surface area contributed by atoms with Crippen molar-refractivity contribution < 1.29 is 4.79 Å². The Morgan fingerprint density at radius 2 is 2.00 bits per heavy atom. The number of aryl methyl sites for hydroxylation is 1. The van der Waals surface area contributed by atoms with Crippen LogP contribution in [0.2, 0.25) is 0 Å². The van der Waals surface area contributed by atoms with Gasteiger partial charge < -0.3 is 0 Å². The third-order valence-corrected chi connectivity index (χ3v) is 3.79. The van der Waals surface area contributed by atoms with Crippen molar-refractivity contribution in [2.24, 2.45) is 5.10 Å². The number of H-pyrrole nitrogens is 1. The van der Waals surface area contributed by atoms with Gasteiger partial charge in [0.1, 0.15) is 0 Å². The van der Waals surface area contributed by atoms with Crippen molar-refractivity contribution in [1.29, 1.82) is 0 Å². The molecule has 3 rings (SSSR count). The molecule has 1 aromatic carbocycles. The predicted octanol–water partition coefficient (Wildman–Crippen LogP) is 2.44. The molecular formula is C16H18N4O. The average molecular weight is 282 g/mol. The van der Waals surface area contributed by atoms with Crippen LogP contribution in [0.4, 0.5) is 0 Å². The summed E-state index contributed by atoms with van der Waals surface area (Å²) in [6.45, 7) is 1.87. The zero-order valence-corrected chi connectivity index (χ0v) is 12.0. The van der Waals surface area contributed by atoms with Crippen molar-refractivity contribution in [3.63, 3.8) is 0 Å². The lowest BCUT2D eigenvalue weighted by Crippen LogP contribution is -2.21. The van der Waals surface area contributed by atoms with Crippen molar-refractivity contribution in [3.05, 3.63) is 52.8 Å². The summed E-state index contributed by atoms with van der Waals surface area (Å²) >= 11 is 0. The van der Waals surface area contributed by atoms with E-state index in [0.717, 1.165) is 48.2 Å². The normalized spacial score (nSPS) is 14.6. The minimum Gasteiger partial charge on any atom is -0.281 e. The molecule has 0 bridgehead atoms. The van der Waals surface area contributed by atoms with Gasteiger partial charge in [-0.05, 0) is 38.2 Å². The number of nitrogens with zero attached hydrogens (tertiary/aromatic N) is 2. The fourth-order valence-corrected chi connectivity index (χ4v) is 2.60. The van der Waals surface area contributed by atoms with E-state index in [4.69, 9.17) is 0 Å². The Bertz CT molecular complexity index is 673. The molecule has 1 aliphatic rings. The highest BCUT2D eigenvalue weighted by Gasteiger charge is 2.21. The fraction of sp³-hybridized carbons (Fsp3) is 0.312. The lowest BCUT2D eigenvalue weighted by atomic mass is 9.96. The smallest absolute Gasteiger partial charge is 0.281 e. The van der Waals surface area contributed by atoms with Gasteiger partial charge in [0.05, 0.1) is 5.71 Å². The Balaban J connectivity index is 1.74. The summed E-state index contributed by atoms with van der Waals surface area (Å²) < 4.78 is 0. The molecule has 0 aliphatic heterocycles. The van der Waals surface area contributed by atoms with Gasteiger partial charge >= 0.3 is 0 Å². The van der Waals surface area contributed by atoms with Gasteiger partial charge in [-0.3, -0.25) is 9.89 Å². The molecule has 0 unspecified atom stereocenters. The first-order valence-electron chi connectivity index (χ1n) is 7.22. The Hall–Kier alpha value is -2.43. The van der Waals surface area contributed by atoms with Crippen LogP contribution in [-0.2, 0) is 12.8 Å². The van der Waals surface area contributed by atoms with E-state index >= 15 is 0 Å². The number of aromatic amines is 1. The predicted molar refractivity (Wildman–Crippen MR) is 81.3 cm³/mol. The number of aromatic nitrogens is 2. The first kappa shape index (κ1) is 13.5. The lowest BCUT2D eigenvalue weighted by molar-refractivity contribution is 0.0949. The highest BCUT2D eigenvalue weighted by molar-refractivity contribution is 6.00. The molecule has 108 valence electrons. The van der Waals surface area contributed by atoms with E-state index in [1.165, 1.54) is 0 Å². The van der Waals surface area contributed by atoms with E-state index < -0.39 is 0 Å². The van der Waals surface area contributed by atoms with Crippen LogP contribution in [0.3, 0.4) is 0 Å². The number of rotatable bonds is 3. The minimum atomic E-state index is -0.246. The summed E-state index contributed by atoms with van der Waals surface area (Å²) in [6, 6.07) is 9.76. The van der Waals surface area contributed by atoms with Crippen LogP contribution in [0.5, 0.6) is 0 Å². The maximum absolute atomic E-state index is 12.2. The number of carbonyl (C=O) groups excluding carboxylic acids is 1. The summed E-state index contributed by atoms with van der Waals surface area (Å²) in [6.07, 6.45) is 4.15. The topological polar surface area (TPSA) is 70.1 Å². The monoisotopic (exact) mass is 282 g/mol. The van der Waals surface area contributed by atoms with E-state index in [9.17, 15) is 4.79 Å². The Labute approximate surface area is 123 Å². The first-order chi connectivity index (χ1) is 10.3. The van der Waals surface area contributed by atoms with Gasteiger partial charge in [-0.2, -0.15) is 10.2 Å². The molecule has 5 heteroatoms. The number of amides is 1. The van der Waals surface area contributed by atoms with Gasteiger partial charge in [0.2, 0.25) is 0 Å². The molecule has 0 saturated heterocycles. The second-order valence-corrected chi connectivity index (χ2v) is 5.24. The van der Waals surface area contributed by atoms with Gasteiger partial charge in [0.15, 0.2) is 5.69 Å².